The van der Waals surface area contributed by atoms with Gasteiger partial charge in [0.05, 0.1) is 0 Å². The number of rotatable bonds is 4. The van der Waals surface area contributed by atoms with Crippen LogP contribution in [0.2, 0.25) is 0 Å². The Kier molecular flexibility index (Phi) is 3.71. The van der Waals surface area contributed by atoms with E-state index >= 15 is 0 Å². The third-order valence-corrected chi connectivity index (χ3v) is 3.83. The third-order valence-electron chi connectivity index (χ3n) is 3.83. The normalized spacial score (nSPS) is 14.2. The van der Waals surface area contributed by atoms with Gasteiger partial charge >= 0.3 is 0 Å². The van der Waals surface area contributed by atoms with Gasteiger partial charge < -0.3 is 19.9 Å². The highest BCUT2D eigenvalue weighted by molar-refractivity contribution is 5.51. The summed E-state index contributed by atoms with van der Waals surface area (Å²) < 4.78 is 10.6. The van der Waals surface area contributed by atoms with Crippen LogP contribution in [0.5, 0.6) is 17.2 Å². The van der Waals surface area contributed by atoms with Crippen LogP contribution in [0.25, 0.3) is 0 Å². The first-order valence-electron chi connectivity index (χ1n) is 7.05. The molecule has 0 saturated heterocycles. The van der Waals surface area contributed by atoms with Crippen molar-refractivity contribution in [1.29, 1.82) is 0 Å². The van der Waals surface area contributed by atoms with Gasteiger partial charge in [-0.25, -0.2) is 0 Å². The molecule has 1 heterocycles. The lowest BCUT2D eigenvalue weighted by atomic mass is 10.0. The summed E-state index contributed by atoms with van der Waals surface area (Å²) in [6.07, 6.45) is 0. The molecule has 110 valence electrons. The Morgan fingerprint density at radius 3 is 2.67 bits per heavy atom. The number of phenolic OH excluding ortho intramolecular Hbond substituents is 1. The molecule has 4 heteroatoms. The van der Waals surface area contributed by atoms with Crippen molar-refractivity contribution in [3.05, 3.63) is 53.1 Å². The van der Waals surface area contributed by atoms with Crippen molar-refractivity contribution < 1.29 is 14.6 Å². The topological polar surface area (TPSA) is 50.7 Å². The Labute approximate surface area is 124 Å². The standard InChI is InChI=1S/C17H19NO3/c1-11-5-3-4-6-14(11)12(2)18-9-13-7-16-17(8-15(13)19)21-10-20-16/h3-8,12,18-19H,9-10H2,1-2H3. The van der Waals surface area contributed by atoms with Crippen molar-refractivity contribution in [3.8, 4) is 17.2 Å². The second kappa shape index (κ2) is 5.66. The smallest absolute Gasteiger partial charge is 0.231 e. The number of hydrogen-bond donors (Lipinski definition) is 2. The van der Waals surface area contributed by atoms with Crippen LogP contribution in [-0.4, -0.2) is 11.9 Å². The summed E-state index contributed by atoms with van der Waals surface area (Å²) in [7, 11) is 0. The van der Waals surface area contributed by atoms with E-state index in [4.69, 9.17) is 9.47 Å². The van der Waals surface area contributed by atoms with E-state index in [0.717, 1.165) is 5.56 Å². The maximum Gasteiger partial charge on any atom is 0.231 e. The Hall–Kier alpha value is -2.20. The fourth-order valence-electron chi connectivity index (χ4n) is 2.56. The van der Waals surface area contributed by atoms with Crippen molar-refractivity contribution >= 4 is 0 Å². The van der Waals surface area contributed by atoms with Gasteiger partial charge in [0.1, 0.15) is 5.75 Å². The van der Waals surface area contributed by atoms with Crippen molar-refractivity contribution in [2.45, 2.75) is 26.4 Å². The van der Waals surface area contributed by atoms with Crippen LogP contribution in [0, 0.1) is 6.92 Å². The average molecular weight is 285 g/mol. The van der Waals surface area contributed by atoms with Crippen LogP contribution in [0.3, 0.4) is 0 Å². The second-order valence-corrected chi connectivity index (χ2v) is 5.29. The van der Waals surface area contributed by atoms with Gasteiger partial charge in [0.15, 0.2) is 11.5 Å². The molecule has 0 fully saturated rings. The van der Waals surface area contributed by atoms with Gasteiger partial charge in [0.25, 0.3) is 0 Å². The Morgan fingerprint density at radius 2 is 1.90 bits per heavy atom. The van der Waals surface area contributed by atoms with Crippen LogP contribution in [0.4, 0.5) is 0 Å². The second-order valence-electron chi connectivity index (χ2n) is 5.29. The van der Waals surface area contributed by atoms with Gasteiger partial charge in [-0.15, -0.1) is 0 Å². The molecule has 1 atom stereocenters. The predicted octanol–water partition coefficient (Wildman–Crippen LogP) is 3.28. The summed E-state index contributed by atoms with van der Waals surface area (Å²) in [6, 6.07) is 11.9. The number of phenols is 1. The number of benzene rings is 2. The van der Waals surface area contributed by atoms with E-state index in [2.05, 4.69) is 31.3 Å². The van der Waals surface area contributed by atoms with Gasteiger partial charge in [-0.3, -0.25) is 0 Å². The van der Waals surface area contributed by atoms with E-state index in [9.17, 15) is 5.11 Å². The van der Waals surface area contributed by atoms with Crippen molar-refractivity contribution in [1.82, 2.24) is 5.32 Å². The molecular weight excluding hydrogens is 266 g/mol. The summed E-state index contributed by atoms with van der Waals surface area (Å²) in [5.41, 5.74) is 3.32. The Morgan fingerprint density at radius 1 is 1.19 bits per heavy atom. The molecule has 3 rings (SSSR count). The maximum atomic E-state index is 10.0. The molecule has 1 unspecified atom stereocenters. The summed E-state index contributed by atoms with van der Waals surface area (Å²) >= 11 is 0. The minimum absolute atomic E-state index is 0.205. The van der Waals surface area contributed by atoms with Gasteiger partial charge in [0.2, 0.25) is 6.79 Å². The minimum atomic E-state index is 0.205. The molecule has 2 aromatic rings. The number of hydrogen-bond acceptors (Lipinski definition) is 4. The molecule has 2 N–H and O–H groups in total. The number of aromatic hydroxyl groups is 1. The summed E-state index contributed by atoms with van der Waals surface area (Å²) in [6.45, 7) is 5.00. The zero-order valence-electron chi connectivity index (χ0n) is 12.2. The lowest BCUT2D eigenvalue weighted by molar-refractivity contribution is 0.174. The van der Waals surface area contributed by atoms with Crippen molar-refractivity contribution in [3.63, 3.8) is 0 Å². The number of ether oxygens (including phenoxy) is 2. The lowest BCUT2D eigenvalue weighted by Gasteiger charge is -2.17. The maximum absolute atomic E-state index is 10.0. The Bertz CT molecular complexity index is 654. The average Bonchev–Trinajstić information content (AvgIpc) is 2.92. The molecule has 2 aromatic carbocycles. The van der Waals surface area contributed by atoms with E-state index in [1.165, 1.54) is 11.1 Å². The highest BCUT2D eigenvalue weighted by Crippen LogP contribution is 2.37. The van der Waals surface area contributed by atoms with Gasteiger partial charge in [-0.2, -0.15) is 0 Å². The van der Waals surface area contributed by atoms with E-state index < -0.39 is 0 Å². The zero-order valence-corrected chi connectivity index (χ0v) is 12.2. The van der Waals surface area contributed by atoms with Gasteiger partial charge in [-0.05, 0) is 31.0 Å². The number of fused-ring (bicyclic) bond motifs is 1. The van der Waals surface area contributed by atoms with Crippen molar-refractivity contribution in [2.75, 3.05) is 6.79 Å². The number of nitrogens with one attached hydrogen (secondary N) is 1. The summed E-state index contributed by atoms with van der Waals surface area (Å²) in [5.74, 6) is 1.51. The van der Waals surface area contributed by atoms with Crippen LogP contribution in [-0.2, 0) is 6.54 Å². The highest BCUT2D eigenvalue weighted by Gasteiger charge is 2.17. The predicted molar refractivity (Wildman–Crippen MR) is 80.7 cm³/mol. The molecular formula is C17H19NO3. The quantitative estimate of drug-likeness (QED) is 0.905. The first-order chi connectivity index (χ1) is 10.1. The third kappa shape index (κ3) is 2.81. The lowest BCUT2D eigenvalue weighted by Crippen LogP contribution is -2.18. The molecule has 0 bridgehead atoms. The molecule has 0 aliphatic carbocycles. The Balaban J connectivity index is 1.72. The van der Waals surface area contributed by atoms with Gasteiger partial charge in [-0.1, -0.05) is 24.3 Å². The fraction of sp³-hybridized carbons (Fsp3) is 0.294. The number of aryl methyl sites for hydroxylation is 1. The molecule has 1 aliphatic heterocycles. The van der Waals surface area contributed by atoms with Crippen LogP contribution in [0.15, 0.2) is 36.4 Å². The fourth-order valence-corrected chi connectivity index (χ4v) is 2.56. The van der Waals surface area contributed by atoms with E-state index in [1.54, 1.807) is 6.07 Å². The van der Waals surface area contributed by atoms with Gasteiger partial charge in [0, 0.05) is 24.2 Å². The highest BCUT2D eigenvalue weighted by atomic mass is 16.7. The monoisotopic (exact) mass is 285 g/mol. The van der Waals surface area contributed by atoms with Crippen molar-refractivity contribution in [2.24, 2.45) is 0 Å². The minimum Gasteiger partial charge on any atom is -0.507 e. The first kappa shape index (κ1) is 13.8. The van der Waals surface area contributed by atoms with E-state index in [0.29, 0.717) is 18.0 Å². The largest absolute Gasteiger partial charge is 0.507 e. The SMILES string of the molecule is Cc1ccccc1C(C)NCc1cc2c(cc1O)OCO2. The van der Waals surface area contributed by atoms with E-state index in [-0.39, 0.29) is 18.6 Å². The van der Waals surface area contributed by atoms with Crippen LogP contribution < -0.4 is 14.8 Å². The summed E-state index contributed by atoms with van der Waals surface area (Å²) in [4.78, 5) is 0. The molecule has 0 aromatic heterocycles. The molecule has 0 spiro atoms. The van der Waals surface area contributed by atoms with Crippen LogP contribution >= 0.6 is 0 Å². The zero-order chi connectivity index (χ0) is 14.8. The molecule has 0 amide bonds. The van der Waals surface area contributed by atoms with E-state index in [1.807, 2.05) is 18.2 Å². The first-order valence-corrected chi connectivity index (χ1v) is 7.05. The summed E-state index contributed by atoms with van der Waals surface area (Å²) in [5, 5.41) is 13.5. The molecule has 21 heavy (non-hydrogen) atoms. The molecule has 1 aliphatic rings. The molecule has 4 nitrogen and oxygen atoms in total. The molecule has 0 saturated carbocycles. The van der Waals surface area contributed by atoms with Crippen LogP contribution in [0.1, 0.15) is 29.7 Å². The molecule has 0 radical (unpaired) electrons.